The topological polar surface area (TPSA) is 75.4 Å². The second kappa shape index (κ2) is 7.13. The van der Waals surface area contributed by atoms with Crippen molar-refractivity contribution in [3.05, 3.63) is 47.5 Å². The van der Waals surface area contributed by atoms with Gasteiger partial charge in [0.2, 0.25) is 0 Å². The predicted molar refractivity (Wildman–Crippen MR) is 98.3 cm³/mol. The standard InChI is InChI=1S/C20H24FN3O3/c1-4-17-16(11-22-24(17)15-7-5-14(21)6-8-15)18(25)23-10-9-20(12-23,13(2)3)19(26)27/h5-8,11,13H,4,9-10,12H2,1-3H3,(H,26,27). The maximum Gasteiger partial charge on any atom is 0.311 e. The van der Waals surface area contributed by atoms with E-state index in [1.165, 1.54) is 18.3 Å². The van der Waals surface area contributed by atoms with Crippen molar-refractivity contribution >= 4 is 11.9 Å². The van der Waals surface area contributed by atoms with E-state index in [1.54, 1.807) is 21.7 Å². The van der Waals surface area contributed by atoms with Gasteiger partial charge in [-0.2, -0.15) is 5.10 Å². The maximum atomic E-state index is 13.2. The van der Waals surface area contributed by atoms with Crippen molar-refractivity contribution in [1.82, 2.24) is 14.7 Å². The Balaban J connectivity index is 1.90. The van der Waals surface area contributed by atoms with Gasteiger partial charge in [0, 0.05) is 13.1 Å². The van der Waals surface area contributed by atoms with Gasteiger partial charge in [-0.1, -0.05) is 20.8 Å². The number of aliphatic carboxylic acids is 1. The van der Waals surface area contributed by atoms with Gasteiger partial charge in [-0.3, -0.25) is 9.59 Å². The monoisotopic (exact) mass is 373 g/mol. The Morgan fingerprint density at radius 2 is 1.96 bits per heavy atom. The molecular weight excluding hydrogens is 349 g/mol. The molecule has 0 bridgehead atoms. The Labute approximate surface area is 157 Å². The zero-order valence-corrected chi connectivity index (χ0v) is 15.8. The predicted octanol–water partition coefficient (Wildman–Crippen LogP) is 3.15. The largest absolute Gasteiger partial charge is 0.481 e. The van der Waals surface area contributed by atoms with Crippen LogP contribution in [0.3, 0.4) is 0 Å². The van der Waals surface area contributed by atoms with Crippen LogP contribution in [0.5, 0.6) is 0 Å². The Morgan fingerprint density at radius 1 is 1.30 bits per heavy atom. The van der Waals surface area contributed by atoms with Crippen LogP contribution in [-0.2, 0) is 11.2 Å². The fourth-order valence-electron chi connectivity index (χ4n) is 3.77. The third-order valence-electron chi connectivity index (χ3n) is 5.62. The summed E-state index contributed by atoms with van der Waals surface area (Å²) in [5.41, 5.74) is 0.959. The molecule has 0 saturated carbocycles. The summed E-state index contributed by atoms with van der Waals surface area (Å²) in [5.74, 6) is -1.47. The summed E-state index contributed by atoms with van der Waals surface area (Å²) >= 11 is 0. The molecule has 7 heteroatoms. The summed E-state index contributed by atoms with van der Waals surface area (Å²) in [6, 6.07) is 5.92. The number of aromatic nitrogens is 2. The minimum absolute atomic E-state index is 0.0691. The Morgan fingerprint density at radius 3 is 2.48 bits per heavy atom. The molecular formula is C20H24FN3O3. The molecule has 6 nitrogen and oxygen atoms in total. The second-order valence-corrected chi connectivity index (χ2v) is 7.34. The number of carboxylic acids is 1. The number of benzene rings is 1. The third kappa shape index (κ3) is 3.22. The average molecular weight is 373 g/mol. The fourth-order valence-corrected chi connectivity index (χ4v) is 3.77. The number of halogens is 1. The first-order chi connectivity index (χ1) is 12.8. The van der Waals surface area contributed by atoms with Crippen LogP contribution in [0.25, 0.3) is 5.69 Å². The summed E-state index contributed by atoms with van der Waals surface area (Å²) in [4.78, 5) is 26.5. The highest BCUT2D eigenvalue weighted by atomic mass is 19.1. The highest BCUT2D eigenvalue weighted by molar-refractivity contribution is 5.96. The highest BCUT2D eigenvalue weighted by Gasteiger charge is 2.48. The zero-order valence-electron chi connectivity index (χ0n) is 15.8. The normalized spacial score (nSPS) is 19.7. The van der Waals surface area contributed by atoms with Gasteiger partial charge in [0.15, 0.2) is 0 Å². The quantitative estimate of drug-likeness (QED) is 0.874. The first-order valence-electron chi connectivity index (χ1n) is 9.15. The minimum Gasteiger partial charge on any atom is -0.481 e. The van der Waals surface area contributed by atoms with Gasteiger partial charge >= 0.3 is 5.97 Å². The summed E-state index contributed by atoms with van der Waals surface area (Å²) < 4.78 is 14.8. The van der Waals surface area contributed by atoms with Crippen molar-refractivity contribution in [3.8, 4) is 5.69 Å². The molecule has 1 atom stereocenters. The van der Waals surface area contributed by atoms with E-state index in [0.717, 1.165) is 5.69 Å². The van der Waals surface area contributed by atoms with Crippen molar-refractivity contribution in [2.45, 2.75) is 33.6 Å². The number of nitrogens with zero attached hydrogens (tertiary/aromatic N) is 3. The van der Waals surface area contributed by atoms with Crippen molar-refractivity contribution in [1.29, 1.82) is 0 Å². The van der Waals surface area contributed by atoms with E-state index in [9.17, 15) is 19.1 Å². The molecule has 2 heterocycles. The van der Waals surface area contributed by atoms with E-state index in [0.29, 0.717) is 30.6 Å². The smallest absolute Gasteiger partial charge is 0.311 e. The molecule has 1 unspecified atom stereocenters. The van der Waals surface area contributed by atoms with E-state index >= 15 is 0 Å². The molecule has 0 radical (unpaired) electrons. The number of carboxylic acid groups (broad SMARTS) is 1. The van der Waals surface area contributed by atoms with Crippen LogP contribution in [0, 0.1) is 17.2 Å². The zero-order chi connectivity index (χ0) is 19.8. The van der Waals surface area contributed by atoms with Crippen LogP contribution < -0.4 is 0 Å². The Bertz CT molecular complexity index is 860. The molecule has 1 aliphatic heterocycles. The number of likely N-dealkylation sites (tertiary alicyclic amines) is 1. The summed E-state index contributed by atoms with van der Waals surface area (Å²) in [6.07, 6.45) is 2.53. The molecule has 1 aromatic carbocycles. The van der Waals surface area contributed by atoms with Crippen molar-refractivity contribution in [2.75, 3.05) is 13.1 Å². The minimum atomic E-state index is -0.908. The second-order valence-electron chi connectivity index (χ2n) is 7.34. The van der Waals surface area contributed by atoms with Crippen molar-refractivity contribution in [2.24, 2.45) is 11.3 Å². The lowest BCUT2D eigenvalue weighted by molar-refractivity contribution is -0.150. The van der Waals surface area contributed by atoms with E-state index in [-0.39, 0.29) is 24.2 Å². The number of hydrogen-bond donors (Lipinski definition) is 1. The van der Waals surface area contributed by atoms with Gasteiger partial charge in [-0.05, 0) is 43.0 Å². The highest BCUT2D eigenvalue weighted by Crippen LogP contribution is 2.38. The van der Waals surface area contributed by atoms with Gasteiger partial charge in [-0.15, -0.1) is 0 Å². The summed E-state index contributed by atoms with van der Waals surface area (Å²) in [6.45, 7) is 6.30. The fraction of sp³-hybridized carbons (Fsp3) is 0.450. The molecule has 2 aromatic rings. The van der Waals surface area contributed by atoms with Crippen molar-refractivity contribution < 1.29 is 19.1 Å². The van der Waals surface area contributed by atoms with E-state index in [1.807, 2.05) is 20.8 Å². The van der Waals surface area contributed by atoms with E-state index < -0.39 is 11.4 Å². The lowest BCUT2D eigenvalue weighted by Gasteiger charge is -2.28. The van der Waals surface area contributed by atoms with Gasteiger partial charge in [-0.25, -0.2) is 9.07 Å². The Hall–Kier alpha value is -2.70. The number of hydrogen-bond acceptors (Lipinski definition) is 3. The van der Waals surface area contributed by atoms with Gasteiger partial charge in [0.1, 0.15) is 5.82 Å². The lowest BCUT2D eigenvalue weighted by Crippen LogP contribution is -2.40. The number of carbonyl (C=O) groups excluding carboxylic acids is 1. The molecule has 1 aromatic heterocycles. The SMILES string of the molecule is CCc1c(C(=O)N2CCC(C(=O)O)(C(C)C)C2)cnn1-c1ccc(F)cc1. The number of amides is 1. The first-order valence-corrected chi connectivity index (χ1v) is 9.15. The van der Waals surface area contributed by atoms with Crippen LogP contribution >= 0.6 is 0 Å². The molecule has 144 valence electrons. The van der Waals surface area contributed by atoms with Crippen LogP contribution in [-0.4, -0.2) is 44.8 Å². The first kappa shape index (κ1) is 19.1. The van der Waals surface area contributed by atoms with E-state index in [4.69, 9.17) is 0 Å². The molecule has 1 N–H and O–H groups in total. The molecule has 27 heavy (non-hydrogen) atoms. The van der Waals surface area contributed by atoms with Crippen LogP contribution in [0.2, 0.25) is 0 Å². The molecule has 1 fully saturated rings. The molecule has 1 aliphatic rings. The van der Waals surface area contributed by atoms with Crippen LogP contribution in [0.1, 0.15) is 43.2 Å². The van der Waals surface area contributed by atoms with Crippen LogP contribution in [0.15, 0.2) is 30.5 Å². The number of rotatable bonds is 5. The van der Waals surface area contributed by atoms with Gasteiger partial charge < -0.3 is 10.0 Å². The maximum absolute atomic E-state index is 13.2. The Kier molecular flexibility index (Phi) is 5.04. The summed E-state index contributed by atoms with van der Waals surface area (Å²) in [7, 11) is 0. The van der Waals surface area contributed by atoms with E-state index in [2.05, 4.69) is 5.10 Å². The van der Waals surface area contributed by atoms with Crippen LogP contribution in [0.4, 0.5) is 4.39 Å². The third-order valence-corrected chi connectivity index (χ3v) is 5.62. The number of carbonyl (C=O) groups is 2. The van der Waals surface area contributed by atoms with Gasteiger partial charge in [0.25, 0.3) is 5.91 Å². The molecule has 1 amide bonds. The molecule has 3 rings (SSSR count). The molecule has 0 spiro atoms. The summed E-state index contributed by atoms with van der Waals surface area (Å²) in [5, 5.41) is 14.0. The van der Waals surface area contributed by atoms with Crippen molar-refractivity contribution in [3.63, 3.8) is 0 Å². The average Bonchev–Trinajstić information content (AvgIpc) is 3.27. The van der Waals surface area contributed by atoms with Gasteiger partial charge in [0.05, 0.1) is 28.6 Å². The lowest BCUT2D eigenvalue weighted by atomic mass is 9.76. The molecule has 0 aliphatic carbocycles. The molecule has 1 saturated heterocycles.